The van der Waals surface area contributed by atoms with Gasteiger partial charge in [-0.1, -0.05) is 0 Å². The van der Waals surface area contributed by atoms with Crippen molar-refractivity contribution in [2.45, 2.75) is 24.3 Å². The zero-order chi connectivity index (χ0) is 14.6. The summed E-state index contributed by atoms with van der Waals surface area (Å²) in [7, 11) is 0. The molecule has 1 fully saturated rings. The van der Waals surface area contributed by atoms with Crippen LogP contribution in [0.15, 0.2) is 30.3 Å². The first kappa shape index (κ1) is 15.4. The van der Waals surface area contributed by atoms with Crippen molar-refractivity contribution in [3.05, 3.63) is 30.3 Å². The molecule has 1 aliphatic heterocycles. The van der Waals surface area contributed by atoms with E-state index in [1.54, 1.807) is 0 Å². The molecule has 0 N–H and O–H groups in total. The van der Waals surface area contributed by atoms with Crippen LogP contribution < -0.4 is 4.46 Å². The summed E-state index contributed by atoms with van der Waals surface area (Å²) >= 11 is -0.252. The fourth-order valence-corrected chi connectivity index (χ4v) is 4.60. The van der Waals surface area contributed by atoms with Crippen LogP contribution in [0.2, 0.25) is 0 Å². The van der Waals surface area contributed by atoms with Crippen LogP contribution >= 0.6 is 0 Å². The van der Waals surface area contributed by atoms with Gasteiger partial charge in [-0.25, -0.2) is 0 Å². The summed E-state index contributed by atoms with van der Waals surface area (Å²) in [5, 5.41) is -0.593. The van der Waals surface area contributed by atoms with E-state index in [4.69, 9.17) is 4.74 Å². The number of benzene rings is 1. The van der Waals surface area contributed by atoms with Crippen molar-refractivity contribution >= 4 is 25.4 Å². The molecule has 3 nitrogen and oxygen atoms in total. The van der Waals surface area contributed by atoms with Gasteiger partial charge < -0.3 is 0 Å². The maximum absolute atomic E-state index is 14.1. The maximum atomic E-state index is 14.1. The zero-order valence-corrected chi connectivity index (χ0v) is 12.8. The van der Waals surface area contributed by atoms with Crippen LogP contribution in [0.5, 0.6) is 0 Å². The molecule has 1 heterocycles. The molecule has 1 aliphatic rings. The Morgan fingerprint density at radius 3 is 2.80 bits per heavy atom. The molecule has 0 bridgehead atoms. The van der Waals surface area contributed by atoms with Gasteiger partial charge in [0.1, 0.15) is 0 Å². The number of hydrogen-bond acceptors (Lipinski definition) is 3. The number of carbonyl (C=O) groups excluding carboxylic acids is 1. The van der Waals surface area contributed by atoms with E-state index in [1.807, 2.05) is 30.3 Å². The minimum absolute atomic E-state index is 0.0451. The second kappa shape index (κ2) is 6.66. The van der Waals surface area contributed by atoms with Gasteiger partial charge in [0.25, 0.3) is 0 Å². The molecule has 0 unspecified atom stereocenters. The van der Waals surface area contributed by atoms with Crippen molar-refractivity contribution in [3.63, 3.8) is 0 Å². The molecule has 0 saturated carbocycles. The second-order valence-corrected chi connectivity index (χ2v) is 6.87. The van der Waals surface area contributed by atoms with E-state index < -0.39 is 22.8 Å². The minimum atomic E-state index is -3.48. The van der Waals surface area contributed by atoms with Gasteiger partial charge in [-0.2, -0.15) is 0 Å². The Kier molecular flexibility index (Phi) is 5.13. The van der Waals surface area contributed by atoms with Crippen LogP contribution in [0.4, 0.5) is 8.78 Å². The van der Waals surface area contributed by atoms with Gasteiger partial charge in [-0.3, -0.25) is 0 Å². The number of alkyl halides is 2. The molecule has 20 heavy (non-hydrogen) atoms. The van der Waals surface area contributed by atoms with Gasteiger partial charge in [0.2, 0.25) is 0 Å². The van der Waals surface area contributed by atoms with Crippen molar-refractivity contribution in [1.82, 2.24) is 0 Å². The fraction of sp³-hybridized carbons (Fsp3) is 0.500. The Labute approximate surface area is 122 Å². The Bertz CT molecular complexity index is 453. The van der Waals surface area contributed by atoms with Crippen LogP contribution in [0.3, 0.4) is 0 Å². The topological polar surface area (TPSA) is 35.5 Å². The third-order valence-electron chi connectivity index (χ3n) is 3.05. The van der Waals surface area contributed by atoms with Crippen LogP contribution in [0.1, 0.15) is 13.3 Å². The third-order valence-corrected chi connectivity index (χ3v) is 5.65. The molecule has 2 atom stereocenters. The number of hydrogen-bond donors (Lipinski definition) is 0. The summed E-state index contributed by atoms with van der Waals surface area (Å²) in [6.45, 7) is 1.74. The average Bonchev–Trinajstić information content (AvgIpc) is 2.89. The van der Waals surface area contributed by atoms with Crippen molar-refractivity contribution in [1.29, 1.82) is 0 Å². The summed E-state index contributed by atoms with van der Waals surface area (Å²) < 4.78 is 39.1. The Morgan fingerprint density at radius 1 is 1.45 bits per heavy atom. The van der Waals surface area contributed by atoms with Gasteiger partial charge >= 0.3 is 122 Å². The number of esters is 1. The molecule has 110 valence electrons. The third kappa shape index (κ3) is 3.37. The summed E-state index contributed by atoms with van der Waals surface area (Å²) in [6, 6.07) is 9.39. The SMILES string of the molecule is CCOC(=O)C(F)(F)[C@@H]1CCO[C@@H]1[Se]c1ccccc1. The van der Waals surface area contributed by atoms with Gasteiger partial charge in [0, 0.05) is 0 Å². The molecule has 1 saturated heterocycles. The van der Waals surface area contributed by atoms with E-state index in [-0.39, 0.29) is 34.6 Å². The Hall–Kier alpha value is -0.971. The number of ether oxygens (including phenoxy) is 2. The van der Waals surface area contributed by atoms with Gasteiger partial charge in [-0.15, -0.1) is 0 Å². The second-order valence-electron chi connectivity index (χ2n) is 4.41. The van der Waals surface area contributed by atoms with Crippen molar-refractivity contribution in [2.24, 2.45) is 5.92 Å². The Morgan fingerprint density at radius 2 is 2.15 bits per heavy atom. The van der Waals surface area contributed by atoms with E-state index in [0.717, 1.165) is 4.46 Å². The van der Waals surface area contributed by atoms with Crippen molar-refractivity contribution < 1.29 is 23.0 Å². The molecule has 0 amide bonds. The molecule has 0 aromatic heterocycles. The molecular weight excluding hydrogens is 333 g/mol. The van der Waals surface area contributed by atoms with Gasteiger partial charge in [0.05, 0.1) is 0 Å². The number of carbonyl (C=O) groups is 1. The standard InChI is InChI=1S/C14H16F2O3Se/c1-2-18-13(17)14(15,16)11-8-9-19-12(11)20-10-6-4-3-5-7-10/h3-7,11-12H,2,8-9H2,1H3/t11-,12-/m1/s1. The number of rotatable bonds is 5. The monoisotopic (exact) mass is 350 g/mol. The van der Waals surface area contributed by atoms with E-state index in [1.165, 1.54) is 6.92 Å². The summed E-state index contributed by atoms with van der Waals surface area (Å²) in [5.74, 6) is -6.01. The van der Waals surface area contributed by atoms with E-state index >= 15 is 0 Å². The molecule has 0 spiro atoms. The van der Waals surface area contributed by atoms with E-state index in [2.05, 4.69) is 4.74 Å². The van der Waals surface area contributed by atoms with Crippen LogP contribution in [-0.4, -0.2) is 45.1 Å². The average molecular weight is 349 g/mol. The number of halogens is 2. The summed E-state index contributed by atoms with van der Waals surface area (Å²) in [5.41, 5.74) is 0. The predicted octanol–water partition coefficient (Wildman–Crippen LogP) is 1.58. The molecule has 1 aromatic carbocycles. The first-order chi connectivity index (χ1) is 9.55. The Balaban J connectivity index is 2.08. The summed E-state index contributed by atoms with van der Waals surface area (Å²) in [4.78, 5) is 11.4. The van der Waals surface area contributed by atoms with Crippen molar-refractivity contribution in [2.75, 3.05) is 13.2 Å². The molecule has 1 aromatic rings. The molecule has 6 heteroatoms. The first-order valence-electron chi connectivity index (χ1n) is 6.44. The first-order valence-corrected chi connectivity index (χ1v) is 8.28. The molecular formula is C14H16F2O3Se. The normalized spacial score (nSPS) is 22.8. The van der Waals surface area contributed by atoms with E-state index in [0.29, 0.717) is 0 Å². The van der Waals surface area contributed by atoms with Crippen LogP contribution in [0, 0.1) is 5.92 Å². The summed E-state index contributed by atoms with van der Waals surface area (Å²) in [6.07, 6.45) is 0.186. The molecule has 2 rings (SSSR count). The molecule has 0 radical (unpaired) electrons. The fourth-order valence-electron chi connectivity index (χ4n) is 2.04. The predicted molar refractivity (Wildman–Crippen MR) is 71.3 cm³/mol. The zero-order valence-electron chi connectivity index (χ0n) is 11.1. The van der Waals surface area contributed by atoms with E-state index in [9.17, 15) is 13.6 Å². The molecule has 0 aliphatic carbocycles. The van der Waals surface area contributed by atoms with Crippen LogP contribution in [0.25, 0.3) is 0 Å². The van der Waals surface area contributed by atoms with Gasteiger partial charge in [0.15, 0.2) is 0 Å². The van der Waals surface area contributed by atoms with Crippen LogP contribution in [-0.2, 0) is 14.3 Å². The van der Waals surface area contributed by atoms with Crippen molar-refractivity contribution in [3.8, 4) is 0 Å². The van der Waals surface area contributed by atoms with Gasteiger partial charge in [-0.05, 0) is 0 Å². The quantitative estimate of drug-likeness (QED) is 0.598.